The quantitative estimate of drug-likeness (QED) is 0.312. The molecular weight excluding hydrogens is 276 g/mol. The van der Waals surface area contributed by atoms with Crippen LogP contribution in [0.4, 0.5) is 0 Å². The number of rotatable bonds is 11. The monoisotopic (exact) mass is 318 g/mol. The van der Waals surface area contributed by atoms with E-state index in [-0.39, 0.29) is 0 Å². The van der Waals surface area contributed by atoms with Crippen molar-refractivity contribution in [2.45, 2.75) is 104 Å². The fourth-order valence-corrected chi connectivity index (χ4v) is 6.29. The Kier molecular flexibility index (Phi) is 16.8. The predicted molar refractivity (Wildman–Crippen MR) is 98.3 cm³/mol. The Morgan fingerprint density at radius 3 is 1.05 bits per heavy atom. The maximum atomic E-state index is 5.53. The SMILES string of the molecule is CCCCCCCCCC.CO[Si](OC)(C(C)C)C(C)C. The smallest absolute Gasteiger partial charge is 0.342 e. The van der Waals surface area contributed by atoms with E-state index in [1.54, 1.807) is 14.2 Å². The van der Waals surface area contributed by atoms with Gasteiger partial charge in [-0.05, 0) is 11.1 Å². The van der Waals surface area contributed by atoms with E-state index in [0.29, 0.717) is 11.1 Å². The van der Waals surface area contributed by atoms with Crippen LogP contribution in [0, 0.1) is 0 Å². The Bertz CT molecular complexity index is 183. The third-order valence-electron chi connectivity index (χ3n) is 4.20. The first kappa shape index (κ1) is 23.4. The molecule has 0 aromatic rings. The highest BCUT2D eigenvalue weighted by molar-refractivity contribution is 6.70. The Labute approximate surface area is 136 Å². The summed E-state index contributed by atoms with van der Waals surface area (Å²) in [7, 11) is 1.62. The van der Waals surface area contributed by atoms with Crippen molar-refractivity contribution in [3.05, 3.63) is 0 Å². The molecule has 0 amide bonds. The maximum Gasteiger partial charge on any atom is 0.342 e. The van der Waals surface area contributed by atoms with Crippen molar-refractivity contribution in [2.24, 2.45) is 0 Å². The first-order valence-electron chi connectivity index (χ1n) is 9.03. The van der Waals surface area contributed by atoms with Gasteiger partial charge in [-0.1, -0.05) is 92.9 Å². The van der Waals surface area contributed by atoms with Crippen molar-refractivity contribution in [1.82, 2.24) is 0 Å². The lowest BCUT2D eigenvalue weighted by molar-refractivity contribution is 0.223. The van der Waals surface area contributed by atoms with E-state index in [9.17, 15) is 0 Å². The molecule has 0 unspecified atom stereocenters. The molecule has 0 aromatic heterocycles. The van der Waals surface area contributed by atoms with Gasteiger partial charge < -0.3 is 8.85 Å². The molecule has 130 valence electrons. The fourth-order valence-electron chi connectivity index (χ4n) is 2.90. The Morgan fingerprint density at radius 2 is 0.905 bits per heavy atom. The van der Waals surface area contributed by atoms with Gasteiger partial charge in [0, 0.05) is 14.2 Å². The van der Waals surface area contributed by atoms with E-state index in [1.807, 2.05) is 0 Å². The van der Waals surface area contributed by atoms with Crippen molar-refractivity contribution in [3.8, 4) is 0 Å². The highest BCUT2D eigenvalue weighted by atomic mass is 28.4. The molecule has 2 nitrogen and oxygen atoms in total. The molecule has 21 heavy (non-hydrogen) atoms. The molecular formula is C18H42O2Si. The molecule has 0 atom stereocenters. The number of unbranched alkanes of at least 4 members (excludes halogenated alkanes) is 7. The van der Waals surface area contributed by atoms with Crippen molar-refractivity contribution in [1.29, 1.82) is 0 Å². The van der Waals surface area contributed by atoms with Crippen LogP contribution in [0.25, 0.3) is 0 Å². The zero-order chi connectivity index (χ0) is 16.7. The Balaban J connectivity index is 0. The van der Waals surface area contributed by atoms with E-state index in [4.69, 9.17) is 8.85 Å². The summed E-state index contributed by atoms with van der Waals surface area (Å²) in [4.78, 5) is 0. The molecule has 0 saturated heterocycles. The summed E-state index contributed by atoms with van der Waals surface area (Å²) in [6.07, 6.45) is 11.5. The molecule has 0 N–H and O–H groups in total. The highest BCUT2D eigenvalue weighted by Gasteiger charge is 2.42. The Morgan fingerprint density at radius 1 is 0.619 bits per heavy atom. The fraction of sp³-hybridized carbons (Fsp3) is 1.00. The minimum Gasteiger partial charge on any atom is -0.397 e. The topological polar surface area (TPSA) is 18.5 Å². The first-order chi connectivity index (χ1) is 9.92. The summed E-state index contributed by atoms with van der Waals surface area (Å²) >= 11 is 0. The summed E-state index contributed by atoms with van der Waals surface area (Å²) in [6, 6.07) is 0. The molecule has 0 radical (unpaired) electrons. The van der Waals surface area contributed by atoms with Gasteiger partial charge in [-0.25, -0.2) is 0 Å². The molecule has 0 heterocycles. The molecule has 0 aliphatic rings. The molecule has 0 aliphatic carbocycles. The summed E-state index contributed by atoms with van der Waals surface area (Å²) in [5.74, 6) is 0. The van der Waals surface area contributed by atoms with Crippen LogP contribution in [0.1, 0.15) is 92.9 Å². The largest absolute Gasteiger partial charge is 0.397 e. The average molecular weight is 319 g/mol. The molecule has 0 aliphatic heterocycles. The van der Waals surface area contributed by atoms with Gasteiger partial charge in [-0.2, -0.15) is 0 Å². The van der Waals surface area contributed by atoms with Crippen molar-refractivity contribution >= 4 is 8.56 Å². The molecule has 0 saturated carbocycles. The van der Waals surface area contributed by atoms with E-state index in [2.05, 4.69) is 41.5 Å². The van der Waals surface area contributed by atoms with Gasteiger partial charge in [0.2, 0.25) is 0 Å². The van der Waals surface area contributed by atoms with Crippen LogP contribution < -0.4 is 0 Å². The lowest BCUT2D eigenvalue weighted by atomic mass is 10.1. The molecule has 3 heteroatoms. The lowest BCUT2D eigenvalue weighted by Crippen LogP contribution is -2.46. The summed E-state index contributed by atoms with van der Waals surface area (Å²) in [5.41, 5.74) is 1.02. The predicted octanol–water partition coefficient (Wildman–Crippen LogP) is 6.69. The summed E-state index contributed by atoms with van der Waals surface area (Å²) in [6.45, 7) is 13.2. The minimum atomic E-state index is -1.90. The van der Waals surface area contributed by atoms with Crippen LogP contribution in [-0.4, -0.2) is 22.8 Å². The molecule has 0 rings (SSSR count). The van der Waals surface area contributed by atoms with Gasteiger partial charge in [-0.3, -0.25) is 0 Å². The van der Waals surface area contributed by atoms with E-state index < -0.39 is 8.56 Å². The van der Waals surface area contributed by atoms with Crippen molar-refractivity contribution in [3.63, 3.8) is 0 Å². The van der Waals surface area contributed by atoms with Gasteiger partial charge in [-0.15, -0.1) is 0 Å². The normalized spacial score (nSPS) is 11.7. The van der Waals surface area contributed by atoms with Gasteiger partial charge in [0.15, 0.2) is 0 Å². The van der Waals surface area contributed by atoms with Crippen molar-refractivity contribution < 1.29 is 8.85 Å². The van der Waals surface area contributed by atoms with E-state index >= 15 is 0 Å². The third-order valence-corrected chi connectivity index (χ3v) is 8.70. The van der Waals surface area contributed by atoms with Gasteiger partial charge >= 0.3 is 8.56 Å². The van der Waals surface area contributed by atoms with Gasteiger partial charge in [0.1, 0.15) is 0 Å². The van der Waals surface area contributed by atoms with Gasteiger partial charge in [0.25, 0.3) is 0 Å². The highest BCUT2D eigenvalue weighted by Crippen LogP contribution is 2.32. The summed E-state index contributed by atoms with van der Waals surface area (Å²) in [5, 5.41) is 0. The zero-order valence-electron chi connectivity index (χ0n) is 16.1. The lowest BCUT2D eigenvalue weighted by Gasteiger charge is -2.34. The number of hydrogen-bond donors (Lipinski definition) is 0. The molecule has 0 spiro atoms. The maximum absolute atomic E-state index is 5.53. The zero-order valence-corrected chi connectivity index (χ0v) is 17.1. The minimum absolute atomic E-state index is 0.512. The van der Waals surface area contributed by atoms with Crippen LogP contribution in [0.5, 0.6) is 0 Å². The Hall–Kier alpha value is 0.137. The van der Waals surface area contributed by atoms with E-state index in [1.165, 1.54) is 51.4 Å². The van der Waals surface area contributed by atoms with Crippen LogP contribution in [0.3, 0.4) is 0 Å². The van der Waals surface area contributed by atoms with Gasteiger partial charge in [0.05, 0.1) is 0 Å². The molecule has 0 aromatic carbocycles. The second-order valence-electron chi connectivity index (χ2n) is 6.56. The molecule has 0 fully saturated rings. The second kappa shape index (κ2) is 15.0. The standard InChI is InChI=1S/C10H22.C8H20O2Si/c1-3-5-7-9-10-8-6-4-2;1-7(2)11(9-5,10-6)8(3)4/h3-10H2,1-2H3;7-8H,1-6H3. The molecule has 0 bridgehead atoms. The summed E-state index contributed by atoms with van der Waals surface area (Å²) < 4.78 is 11.1. The number of hydrogen-bond acceptors (Lipinski definition) is 2. The first-order valence-corrected chi connectivity index (χ1v) is 11.0. The third kappa shape index (κ3) is 10.5. The average Bonchev–Trinajstić information content (AvgIpc) is 2.45. The van der Waals surface area contributed by atoms with Crippen LogP contribution in [-0.2, 0) is 8.85 Å². The van der Waals surface area contributed by atoms with Crippen LogP contribution >= 0.6 is 0 Å². The van der Waals surface area contributed by atoms with Crippen LogP contribution in [0.15, 0.2) is 0 Å². The van der Waals surface area contributed by atoms with Crippen molar-refractivity contribution in [2.75, 3.05) is 14.2 Å². The van der Waals surface area contributed by atoms with Crippen LogP contribution in [0.2, 0.25) is 11.1 Å². The second-order valence-corrected chi connectivity index (χ2v) is 11.1. The van der Waals surface area contributed by atoms with E-state index in [0.717, 1.165) is 0 Å².